The van der Waals surface area contributed by atoms with E-state index in [1.165, 1.54) is 15.6 Å². The van der Waals surface area contributed by atoms with Gasteiger partial charge in [0.05, 0.1) is 0 Å². The molecule has 1 aromatic carbocycles. The molecule has 1 atom stereocenters. The van der Waals surface area contributed by atoms with Crippen LogP contribution in [0.25, 0.3) is 10.8 Å². The Bertz CT molecular complexity index is 638. The van der Waals surface area contributed by atoms with Gasteiger partial charge in [0.2, 0.25) is 0 Å². The number of rotatable bonds is 2. The number of amidine groups is 1. The van der Waals surface area contributed by atoms with Crippen LogP contribution in [0.3, 0.4) is 0 Å². The van der Waals surface area contributed by atoms with Gasteiger partial charge in [0.1, 0.15) is 0 Å². The first-order valence-electron chi connectivity index (χ1n) is 4.81. The lowest BCUT2D eigenvalue weighted by molar-refractivity contribution is 0.384. The molecule has 1 unspecified atom stereocenters. The molecule has 1 aliphatic heterocycles. The highest BCUT2D eigenvalue weighted by Crippen LogP contribution is 2.29. The number of nitrogens with one attached hydrogen (secondary N) is 1. The van der Waals surface area contributed by atoms with Crippen LogP contribution < -0.4 is 4.72 Å². The van der Waals surface area contributed by atoms with Gasteiger partial charge >= 0.3 is 11.3 Å². The average molecular weight is 331 g/mol. The van der Waals surface area contributed by atoms with Crippen molar-refractivity contribution in [1.29, 1.82) is 0 Å². The number of oxime groups is 1. The van der Waals surface area contributed by atoms with E-state index in [4.69, 9.17) is 0 Å². The lowest BCUT2D eigenvalue weighted by Crippen LogP contribution is -2.20. The standard InChI is InChI=1S/C10H7BrN2O2S2/c11-7-1-2-8-6(3-7)5-16-9(8)4-10-12-15-17(14)13-10/h1-3,5H,4H2,(H,12,13). The van der Waals surface area contributed by atoms with Crippen molar-refractivity contribution in [2.24, 2.45) is 5.16 Å². The molecule has 0 saturated heterocycles. The van der Waals surface area contributed by atoms with Crippen molar-refractivity contribution < 1.29 is 8.49 Å². The Kier molecular flexibility index (Phi) is 2.89. The zero-order chi connectivity index (χ0) is 11.8. The van der Waals surface area contributed by atoms with Crippen LogP contribution in [0.2, 0.25) is 0 Å². The zero-order valence-electron chi connectivity index (χ0n) is 8.47. The molecule has 0 spiro atoms. The van der Waals surface area contributed by atoms with Crippen molar-refractivity contribution in [3.05, 3.63) is 32.9 Å². The predicted molar refractivity (Wildman–Crippen MR) is 73.0 cm³/mol. The summed E-state index contributed by atoms with van der Waals surface area (Å²) < 4.78 is 19.3. The highest BCUT2D eigenvalue weighted by Gasteiger charge is 2.16. The van der Waals surface area contributed by atoms with Crippen LogP contribution >= 0.6 is 27.3 Å². The van der Waals surface area contributed by atoms with Gasteiger partial charge in [0.25, 0.3) is 0 Å². The van der Waals surface area contributed by atoms with Crippen LogP contribution in [-0.4, -0.2) is 10.0 Å². The minimum Gasteiger partial charge on any atom is -0.269 e. The highest BCUT2D eigenvalue weighted by atomic mass is 79.9. The second kappa shape index (κ2) is 4.40. The molecule has 0 fully saturated rings. The van der Waals surface area contributed by atoms with E-state index in [1.807, 2.05) is 6.07 Å². The van der Waals surface area contributed by atoms with Gasteiger partial charge in [0.15, 0.2) is 5.84 Å². The van der Waals surface area contributed by atoms with E-state index in [-0.39, 0.29) is 0 Å². The second-order valence-corrected chi connectivity index (χ2v) is 6.22. The molecular weight excluding hydrogens is 324 g/mol. The van der Waals surface area contributed by atoms with Crippen molar-refractivity contribution >= 4 is 55.1 Å². The summed E-state index contributed by atoms with van der Waals surface area (Å²) in [6, 6.07) is 6.16. The molecule has 1 aliphatic rings. The summed E-state index contributed by atoms with van der Waals surface area (Å²) in [5.74, 6) is 0.606. The van der Waals surface area contributed by atoms with E-state index >= 15 is 0 Å². The molecule has 0 aliphatic carbocycles. The van der Waals surface area contributed by atoms with Gasteiger partial charge in [0, 0.05) is 15.8 Å². The third-order valence-corrected chi connectivity index (χ3v) is 4.51. The molecule has 4 nitrogen and oxygen atoms in total. The second-order valence-electron chi connectivity index (χ2n) is 3.52. The maximum atomic E-state index is 11.0. The Hall–Kier alpha value is -0.920. The zero-order valence-corrected chi connectivity index (χ0v) is 11.7. The van der Waals surface area contributed by atoms with Gasteiger partial charge in [-0.3, -0.25) is 9.01 Å². The van der Waals surface area contributed by atoms with Crippen molar-refractivity contribution in [1.82, 2.24) is 4.72 Å². The first-order valence-corrected chi connectivity index (χ1v) is 7.55. The Morgan fingerprint density at radius 2 is 2.41 bits per heavy atom. The van der Waals surface area contributed by atoms with E-state index in [0.29, 0.717) is 12.3 Å². The average Bonchev–Trinajstić information content (AvgIpc) is 2.86. The van der Waals surface area contributed by atoms with Crippen molar-refractivity contribution in [3.63, 3.8) is 0 Å². The number of hydrogen-bond donors (Lipinski definition) is 1. The minimum atomic E-state index is -1.51. The molecular formula is C10H7BrN2O2S2. The molecule has 1 aromatic heterocycles. The van der Waals surface area contributed by atoms with Gasteiger partial charge in [-0.2, -0.15) is 4.21 Å². The Labute approximate surface area is 113 Å². The molecule has 17 heavy (non-hydrogen) atoms. The summed E-state index contributed by atoms with van der Waals surface area (Å²) in [5, 5.41) is 8.21. The number of nitrogens with zero attached hydrogens (tertiary/aromatic N) is 1. The summed E-state index contributed by atoms with van der Waals surface area (Å²) in [5.41, 5.74) is 0. The molecule has 88 valence electrons. The van der Waals surface area contributed by atoms with Crippen molar-refractivity contribution in [2.75, 3.05) is 0 Å². The predicted octanol–water partition coefficient (Wildman–Crippen LogP) is 2.72. The van der Waals surface area contributed by atoms with Crippen molar-refractivity contribution in [3.8, 4) is 0 Å². The Morgan fingerprint density at radius 3 is 3.18 bits per heavy atom. The first-order chi connectivity index (χ1) is 8.22. The number of halogens is 1. The number of fused-ring (bicyclic) bond motifs is 1. The van der Waals surface area contributed by atoms with Crippen LogP contribution in [-0.2, 0) is 22.0 Å². The summed E-state index contributed by atoms with van der Waals surface area (Å²) in [6.45, 7) is 0. The van der Waals surface area contributed by atoms with Gasteiger partial charge in [-0.05, 0) is 28.3 Å². The molecule has 1 N–H and O–H groups in total. The summed E-state index contributed by atoms with van der Waals surface area (Å²) in [6.07, 6.45) is 0.613. The molecule has 0 radical (unpaired) electrons. The van der Waals surface area contributed by atoms with Crippen LogP contribution in [0, 0.1) is 0 Å². The summed E-state index contributed by atoms with van der Waals surface area (Å²) >= 11 is 3.60. The Balaban J connectivity index is 1.93. The van der Waals surface area contributed by atoms with E-state index in [2.05, 4.69) is 47.6 Å². The van der Waals surface area contributed by atoms with Crippen LogP contribution in [0.5, 0.6) is 0 Å². The van der Waals surface area contributed by atoms with E-state index in [9.17, 15) is 4.21 Å². The number of benzene rings is 1. The largest absolute Gasteiger partial charge is 0.338 e. The topological polar surface area (TPSA) is 50.7 Å². The fourth-order valence-corrected chi connectivity index (χ4v) is 3.53. The van der Waals surface area contributed by atoms with E-state index < -0.39 is 11.3 Å². The van der Waals surface area contributed by atoms with E-state index in [1.54, 1.807) is 11.3 Å². The third-order valence-electron chi connectivity index (χ3n) is 2.39. The van der Waals surface area contributed by atoms with Crippen LogP contribution in [0.15, 0.2) is 33.2 Å². The number of hydrogen-bond acceptors (Lipinski definition) is 4. The normalized spacial score (nSPS) is 18.9. The van der Waals surface area contributed by atoms with Gasteiger partial charge in [-0.1, -0.05) is 27.2 Å². The summed E-state index contributed by atoms with van der Waals surface area (Å²) in [4.78, 5) is 1.18. The van der Waals surface area contributed by atoms with E-state index in [0.717, 1.165) is 4.47 Å². The fourth-order valence-electron chi connectivity index (χ4n) is 1.65. The summed E-state index contributed by atoms with van der Waals surface area (Å²) in [7, 11) is 0. The number of thiophene rings is 1. The molecule has 7 heteroatoms. The maximum absolute atomic E-state index is 11.0. The van der Waals surface area contributed by atoms with Gasteiger partial charge in [-0.15, -0.1) is 11.3 Å². The lowest BCUT2D eigenvalue weighted by Gasteiger charge is -1.98. The third kappa shape index (κ3) is 2.22. The quantitative estimate of drug-likeness (QED) is 0.920. The van der Waals surface area contributed by atoms with Gasteiger partial charge in [-0.25, -0.2) is 0 Å². The lowest BCUT2D eigenvalue weighted by atomic mass is 10.1. The molecule has 0 amide bonds. The van der Waals surface area contributed by atoms with Crippen molar-refractivity contribution in [2.45, 2.75) is 6.42 Å². The monoisotopic (exact) mass is 330 g/mol. The van der Waals surface area contributed by atoms with Crippen LogP contribution in [0.4, 0.5) is 0 Å². The maximum Gasteiger partial charge on any atom is 0.338 e. The van der Waals surface area contributed by atoms with Crippen LogP contribution in [0.1, 0.15) is 4.88 Å². The smallest absolute Gasteiger partial charge is 0.269 e. The highest BCUT2D eigenvalue weighted by molar-refractivity contribution is 9.10. The minimum absolute atomic E-state index is 0.606. The molecule has 0 saturated carbocycles. The van der Waals surface area contributed by atoms with Gasteiger partial charge < -0.3 is 0 Å². The molecule has 2 heterocycles. The molecule has 2 aromatic rings. The molecule has 0 bridgehead atoms. The first kappa shape index (κ1) is 11.2. The Morgan fingerprint density at radius 1 is 1.53 bits per heavy atom. The molecule has 3 rings (SSSR count). The SMILES string of the molecule is O=S1NC(Cc2scc3cc(Br)ccc23)=NO1. The fraction of sp³-hybridized carbons (Fsp3) is 0.100.